The zero-order valence-corrected chi connectivity index (χ0v) is 13.9. The van der Waals surface area contributed by atoms with E-state index in [0.29, 0.717) is 19.5 Å². The van der Waals surface area contributed by atoms with E-state index in [1.54, 1.807) is 0 Å². The molecule has 2 rings (SSSR count). The first-order valence-electron chi connectivity index (χ1n) is 8.18. The molecule has 1 aromatic rings. The minimum absolute atomic E-state index is 0.110. The molecule has 1 aliphatic rings. The molecule has 3 N–H and O–H groups in total. The Hall–Kier alpha value is -2.24. The van der Waals surface area contributed by atoms with Gasteiger partial charge in [0.05, 0.1) is 0 Å². The van der Waals surface area contributed by atoms with Gasteiger partial charge in [0.1, 0.15) is 6.04 Å². The topological polar surface area (TPSA) is 78.7 Å². The van der Waals surface area contributed by atoms with Gasteiger partial charge >= 0.3 is 6.03 Å². The van der Waals surface area contributed by atoms with E-state index >= 15 is 0 Å². The van der Waals surface area contributed by atoms with Crippen LogP contribution in [0.3, 0.4) is 0 Å². The maximum atomic E-state index is 12.2. The van der Waals surface area contributed by atoms with Crippen molar-refractivity contribution >= 4 is 17.6 Å². The van der Waals surface area contributed by atoms with Crippen LogP contribution in [0.1, 0.15) is 25.3 Å². The number of nitrogens with zero attached hydrogens (tertiary/aromatic N) is 2. The number of nitrogens with one attached hydrogen (secondary N) is 1. The molecular formula is C17H26N4O2. The third-order valence-electron chi connectivity index (χ3n) is 4.27. The molecule has 1 aliphatic heterocycles. The fourth-order valence-electron chi connectivity index (χ4n) is 3.03. The Balaban J connectivity index is 1.85. The smallest absolute Gasteiger partial charge is 0.315 e. The molecule has 0 radical (unpaired) electrons. The minimum Gasteiger partial charge on any atom is -0.370 e. The molecule has 0 bridgehead atoms. The number of aryl methyl sites for hydroxylation is 1. The lowest BCUT2D eigenvalue weighted by molar-refractivity contribution is -0.124. The lowest BCUT2D eigenvalue weighted by Gasteiger charge is -2.25. The Morgan fingerprint density at radius 2 is 2.22 bits per heavy atom. The Morgan fingerprint density at radius 1 is 1.43 bits per heavy atom. The van der Waals surface area contributed by atoms with Crippen LogP contribution >= 0.6 is 0 Å². The van der Waals surface area contributed by atoms with Crippen molar-refractivity contribution < 1.29 is 9.59 Å². The Labute approximate surface area is 137 Å². The van der Waals surface area contributed by atoms with Gasteiger partial charge in [-0.15, -0.1) is 0 Å². The summed E-state index contributed by atoms with van der Waals surface area (Å²) in [6.45, 7) is 6.88. The van der Waals surface area contributed by atoms with Gasteiger partial charge in [0.15, 0.2) is 0 Å². The van der Waals surface area contributed by atoms with Gasteiger partial charge < -0.3 is 20.9 Å². The number of amides is 3. The zero-order chi connectivity index (χ0) is 16.8. The van der Waals surface area contributed by atoms with Crippen LogP contribution in [-0.2, 0) is 4.79 Å². The van der Waals surface area contributed by atoms with Crippen LogP contribution in [0.5, 0.6) is 0 Å². The van der Waals surface area contributed by atoms with E-state index in [1.807, 2.05) is 6.07 Å². The van der Waals surface area contributed by atoms with Crippen molar-refractivity contribution in [2.75, 3.05) is 31.1 Å². The van der Waals surface area contributed by atoms with Gasteiger partial charge in [-0.05, 0) is 44.4 Å². The first-order valence-corrected chi connectivity index (χ1v) is 8.18. The highest BCUT2D eigenvalue weighted by molar-refractivity contribution is 5.87. The highest BCUT2D eigenvalue weighted by atomic mass is 16.2. The molecule has 6 nitrogen and oxygen atoms in total. The summed E-state index contributed by atoms with van der Waals surface area (Å²) in [6, 6.07) is 7.38. The summed E-state index contributed by atoms with van der Waals surface area (Å²) >= 11 is 0. The third kappa shape index (κ3) is 4.37. The number of likely N-dealkylation sites (N-methyl/N-ethyl adjacent to an activating group) is 1. The van der Waals surface area contributed by atoms with E-state index in [-0.39, 0.29) is 5.91 Å². The number of hydrogen-bond donors (Lipinski definition) is 2. The molecule has 0 saturated carbocycles. The molecule has 1 saturated heterocycles. The van der Waals surface area contributed by atoms with Crippen molar-refractivity contribution in [3.63, 3.8) is 0 Å². The molecule has 1 fully saturated rings. The normalized spacial score (nSPS) is 17.1. The summed E-state index contributed by atoms with van der Waals surface area (Å²) in [6.07, 6.45) is 1.51. The van der Waals surface area contributed by atoms with Crippen LogP contribution in [0.2, 0.25) is 0 Å². The van der Waals surface area contributed by atoms with Crippen LogP contribution < -0.4 is 16.0 Å². The number of carbonyl (C=O) groups excluding carboxylic acids is 2. The van der Waals surface area contributed by atoms with Gasteiger partial charge in [0, 0.05) is 31.9 Å². The number of anilines is 1. The average Bonchev–Trinajstić information content (AvgIpc) is 3.01. The van der Waals surface area contributed by atoms with Gasteiger partial charge in [-0.1, -0.05) is 12.1 Å². The number of rotatable bonds is 6. The Morgan fingerprint density at radius 3 is 2.87 bits per heavy atom. The van der Waals surface area contributed by atoms with Crippen LogP contribution in [-0.4, -0.2) is 49.1 Å². The molecule has 6 heteroatoms. The molecule has 0 spiro atoms. The second-order valence-electron chi connectivity index (χ2n) is 5.90. The van der Waals surface area contributed by atoms with Crippen molar-refractivity contribution in [1.82, 2.24) is 10.2 Å². The first kappa shape index (κ1) is 17.1. The maximum absolute atomic E-state index is 12.2. The first-order chi connectivity index (χ1) is 11.0. The molecule has 1 heterocycles. The molecule has 126 valence electrons. The fraction of sp³-hybridized carbons (Fsp3) is 0.529. The standard InChI is InChI=1S/C17H26N4O2/c1-3-20(14-7-4-6-13(2)12-14)11-9-19-16(22)15-8-5-10-21(15)17(18)23/h4,6-7,12,15H,3,5,8-11H2,1-2H3,(H2,18,23)(H,19,22)/t15-/m0/s1. The monoisotopic (exact) mass is 318 g/mol. The van der Waals surface area contributed by atoms with Crippen LogP contribution in [0.4, 0.5) is 10.5 Å². The second-order valence-corrected chi connectivity index (χ2v) is 5.90. The highest BCUT2D eigenvalue weighted by Crippen LogP contribution is 2.17. The van der Waals surface area contributed by atoms with Crippen molar-refractivity contribution in [2.24, 2.45) is 5.73 Å². The fourth-order valence-corrected chi connectivity index (χ4v) is 3.03. The summed E-state index contributed by atoms with van der Waals surface area (Å²) in [4.78, 5) is 27.2. The van der Waals surface area contributed by atoms with E-state index < -0.39 is 12.1 Å². The second kappa shape index (κ2) is 7.85. The predicted octanol–water partition coefficient (Wildman–Crippen LogP) is 1.48. The lowest BCUT2D eigenvalue weighted by atomic mass is 10.2. The molecular weight excluding hydrogens is 292 g/mol. The van der Waals surface area contributed by atoms with Crippen LogP contribution in [0, 0.1) is 6.92 Å². The van der Waals surface area contributed by atoms with Crippen molar-refractivity contribution in [3.05, 3.63) is 29.8 Å². The van der Waals surface area contributed by atoms with Crippen LogP contribution in [0.25, 0.3) is 0 Å². The number of benzene rings is 1. The Kier molecular flexibility index (Phi) is 5.84. The number of primary amides is 1. The van der Waals surface area contributed by atoms with E-state index in [0.717, 1.165) is 25.2 Å². The van der Waals surface area contributed by atoms with Gasteiger partial charge in [0.2, 0.25) is 5.91 Å². The maximum Gasteiger partial charge on any atom is 0.315 e. The summed E-state index contributed by atoms with van der Waals surface area (Å²) in [5.74, 6) is -0.110. The summed E-state index contributed by atoms with van der Waals surface area (Å²) in [5, 5.41) is 2.93. The SMILES string of the molecule is CCN(CCNC(=O)[C@@H]1CCCN1C(N)=O)c1cccc(C)c1. The van der Waals surface area contributed by atoms with Crippen molar-refractivity contribution in [3.8, 4) is 0 Å². The molecule has 0 aromatic heterocycles. The zero-order valence-electron chi connectivity index (χ0n) is 13.9. The van der Waals surface area contributed by atoms with Gasteiger partial charge in [-0.3, -0.25) is 4.79 Å². The molecule has 23 heavy (non-hydrogen) atoms. The number of likely N-dealkylation sites (tertiary alicyclic amines) is 1. The molecule has 3 amide bonds. The number of nitrogens with two attached hydrogens (primary N) is 1. The predicted molar refractivity (Wildman–Crippen MR) is 91.4 cm³/mol. The summed E-state index contributed by atoms with van der Waals surface area (Å²) < 4.78 is 0. The lowest BCUT2D eigenvalue weighted by Crippen LogP contribution is -2.49. The van der Waals surface area contributed by atoms with Crippen molar-refractivity contribution in [2.45, 2.75) is 32.7 Å². The third-order valence-corrected chi connectivity index (χ3v) is 4.27. The van der Waals surface area contributed by atoms with E-state index in [2.05, 4.69) is 42.3 Å². The molecule has 0 unspecified atom stereocenters. The van der Waals surface area contributed by atoms with Gasteiger partial charge in [-0.25, -0.2) is 4.79 Å². The Bertz CT molecular complexity index is 561. The number of urea groups is 1. The summed E-state index contributed by atoms with van der Waals surface area (Å²) in [7, 11) is 0. The van der Waals surface area contributed by atoms with E-state index in [1.165, 1.54) is 10.5 Å². The van der Waals surface area contributed by atoms with E-state index in [4.69, 9.17) is 5.73 Å². The van der Waals surface area contributed by atoms with Gasteiger partial charge in [0.25, 0.3) is 0 Å². The summed E-state index contributed by atoms with van der Waals surface area (Å²) in [5.41, 5.74) is 7.68. The van der Waals surface area contributed by atoms with Crippen LogP contribution in [0.15, 0.2) is 24.3 Å². The van der Waals surface area contributed by atoms with Crippen molar-refractivity contribution in [1.29, 1.82) is 0 Å². The highest BCUT2D eigenvalue weighted by Gasteiger charge is 2.32. The average molecular weight is 318 g/mol. The molecule has 1 aromatic carbocycles. The number of hydrogen-bond acceptors (Lipinski definition) is 3. The molecule has 1 atom stereocenters. The van der Waals surface area contributed by atoms with E-state index in [9.17, 15) is 9.59 Å². The van der Waals surface area contributed by atoms with Gasteiger partial charge in [-0.2, -0.15) is 0 Å². The quantitative estimate of drug-likeness (QED) is 0.834. The number of carbonyl (C=O) groups is 2. The molecule has 0 aliphatic carbocycles. The largest absolute Gasteiger partial charge is 0.370 e. The minimum atomic E-state index is -0.516.